The number of β-lactam (4-membered cyclic amide) rings is 1. The minimum atomic E-state index is -1.34. The Kier molecular flexibility index (Phi) is 7.23. The van der Waals surface area contributed by atoms with Gasteiger partial charge in [0, 0.05) is 5.69 Å². The molecule has 0 radical (unpaired) electrons. The average Bonchev–Trinajstić information content (AvgIpc) is 2.94. The van der Waals surface area contributed by atoms with E-state index in [9.17, 15) is 19.2 Å². The summed E-state index contributed by atoms with van der Waals surface area (Å²) in [5, 5.41) is 5.21. The maximum absolute atomic E-state index is 13.3. The van der Waals surface area contributed by atoms with Gasteiger partial charge in [-0.05, 0) is 23.3 Å². The van der Waals surface area contributed by atoms with Gasteiger partial charge in [-0.2, -0.15) is 0 Å². The molecule has 2 heterocycles. The summed E-state index contributed by atoms with van der Waals surface area (Å²) in [7, 11) is 0. The molecule has 0 saturated carbocycles. The van der Waals surface area contributed by atoms with Crippen LogP contribution in [0.15, 0.2) is 91.0 Å². The van der Waals surface area contributed by atoms with E-state index >= 15 is 0 Å². The number of esters is 1. The Balaban J connectivity index is 1.27. The molecule has 3 aromatic rings. The molecule has 8 nitrogen and oxygen atoms in total. The third kappa shape index (κ3) is 5.22. The Morgan fingerprint density at radius 2 is 1.46 bits per heavy atom. The van der Waals surface area contributed by atoms with Crippen LogP contribution in [0.3, 0.4) is 0 Å². The normalized spacial score (nSPS) is 20.6. The smallest absolute Gasteiger partial charge is 0.337 e. The molecule has 2 unspecified atom stereocenters. The monoisotopic (exact) mass is 515 g/mol. The zero-order chi connectivity index (χ0) is 25.8. The lowest BCUT2D eigenvalue weighted by molar-refractivity contribution is -0.170. The third-order valence-corrected chi connectivity index (χ3v) is 7.56. The Morgan fingerprint density at radius 1 is 0.892 bits per heavy atom. The molecule has 2 N–H and O–H groups in total. The van der Waals surface area contributed by atoms with Crippen molar-refractivity contribution in [3.05, 3.63) is 102 Å². The maximum Gasteiger partial charge on any atom is 0.337 e. The van der Waals surface area contributed by atoms with Gasteiger partial charge in [0.05, 0.1) is 12.3 Å². The standard InChI is InChI=1S/C28H25N3O5S/c32-21-17-37-27-23(30-22(33)16-29-20-14-8-3-9-15-20)26(34)31(27)24(21)28(35)36-25(18-10-4-1-5-11-18)19-12-6-2-7-13-19/h1-15,23-25,27,29H,16-17H2,(H,30,33)/t23?,24?,27-/m0/s1. The van der Waals surface area contributed by atoms with Gasteiger partial charge in [0.2, 0.25) is 11.8 Å². The second-order valence-corrected chi connectivity index (χ2v) is 9.82. The Labute approximate surface area is 218 Å². The van der Waals surface area contributed by atoms with Gasteiger partial charge >= 0.3 is 5.97 Å². The number of carbonyl (C=O) groups excluding carboxylic acids is 4. The number of hydrogen-bond acceptors (Lipinski definition) is 7. The van der Waals surface area contributed by atoms with Gasteiger partial charge in [0.25, 0.3) is 0 Å². The van der Waals surface area contributed by atoms with Crippen LogP contribution in [0.5, 0.6) is 0 Å². The summed E-state index contributed by atoms with van der Waals surface area (Å²) in [6.07, 6.45) is -0.730. The van der Waals surface area contributed by atoms with Gasteiger partial charge in [-0.15, -0.1) is 11.8 Å². The molecule has 0 spiro atoms. The first kappa shape index (κ1) is 24.6. The van der Waals surface area contributed by atoms with Crippen molar-refractivity contribution >= 4 is 41.0 Å². The van der Waals surface area contributed by atoms with Crippen molar-refractivity contribution < 1.29 is 23.9 Å². The van der Waals surface area contributed by atoms with E-state index in [1.807, 2.05) is 91.0 Å². The molecule has 2 saturated heterocycles. The molecule has 2 amide bonds. The molecule has 3 atom stereocenters. The van der Waals surface area contributed by atoms with Crippen LogP contribution in [-0.2, 0) is 23.9 Å². The van der Waals surface area contributed by atoms with Crippen molar-refractivity contribution in [2.75, 3.05) is 17.6 Å². The van der Waals surface area contributed by atoms with Gasteiger partial charge in [-0.25, -0.2) is 4.79 Å². The van der Waals surface area contributed by atoms with Crippen LogP contribution in [0.1, 0.15) is 17.2 Å². The maximum atomic E-state index is 13.3. The topological polar surface area (TPSA) is 105 Å². The third-order valence-electron chi connectivity index (χ3n) is 6.26. The molecule has 188 valence electrons. The minimum Gasteiger partial charge on any atom is -0.451 e. The van der Waals surface area contributed by atoms with E-state index in [0.717, 1.165) is 16.8 Å². The highest BCUT2D eigenvalue weighted by atomic mass is 32.2. The minimum absolute atomic E-state index is 0.00852. The fourth-order valence-electron chi connectivity index (χ4n) is 4.44. The SMILES string of the molecule is O=C(CNc1ccccc1)NC1C(=O)N2C(C(=O)OC(c3ccccc3)c3ccccc3)C(=O)CS[C@@H]12. The number of hydrogen-bond donors (Lipinski definition) is 2. The van der Waals surface area contributed by atoms with Crippen molar-refractivity contribution in [2.24, 2.45) is 0 Å². The molecule has 2 aliphatic rings. The first-order valence-corrected chi connectivity index (χ1v) is 12.9. The number of amides is 2. The van der Waals surface area contributed by atoms with E-state index in [0.29, 0.717) is 0 Å². The van der Waals surface area contributed by atoms with Crippen LogP contribution in [0.2, 0.25) is 0 Å². The molecule has 0 bridgehead atoms. The lowest BCUT2D eigenvalue weighted by Gasteiger charge is -2.51. The summed E-state index contributed by atoms with van der Waals surface area (Å²) in [6, 6.07) is 25.6. The summed E-state index contributed by atoms with van der Waals surface area (Å²) >= 11 is 1.23. The number of ketones is 1. The van der Waals surface area contributed by atoms with Gasteiger partial charge in [-0.3, -0.25) is 14.4 Å². The van der Waals surface area contributed by atoms with Crippen molar-refractivity contribution in [1.82, 2.24) is 10.2 Å². The highest BCUT2D eigenvalue weighted by molar-refractivity contribution is 8.00. The summed E-state index contributed by atoms with van der Waals surface area (Å²) in [5.74, 6) is -1.96. The number of benzene rings is 3. The zero-order valence-electron chi connectivity index (χ0n) is 19.8. The number of Topliss-reactive ketones (excluding diaryl/α,β-unsaturated/α-hetero) is 1. The molecule has 2 fully saturated rings. The quantitative estimate of drug-likeness (QED) is 0.270. The fraction of sp³-hybridized carbons (Fsp3) is 0.214. The molecule has 9 heteroatoms. The molecular weight excluding hydrogens is 490 g/mol. The molecular formula is C28H25N3O5S. The molecule has 3 aromatic carbocycles. The summed E-state index contributed by atoms with van der Waals surface area (Å²) in [6.45, 7) is -0.00852. The van der Waals surface area contributed by atoms with E-state index < -0.39 is 41.2 Å². The molecule has 5 rings (SSSR count). The number of fused-ring (bicyclic) bond motifs is 1. The number of ether oxygens (including phenoxy) is 1. The summed E-state index contributed by atoms with van der Waals surface area (Å²) < 4.78 is 5.88. The zero-order valence-corrected chi connectivity index (χ0v) is 20.6. The number of thioether (sulfide) groups is 1. The number of nitrogens with zero attached hydrogens (tertiary/aromatic N) is 1. The number of para-hydroxylation sites is 1. The van der Waals surface area contributed by atoms with Gasteiger partial charge in [0.1, 0.15) is 11.4 Å². The van der Waals surface area contributed by atoms with E-state index in [4.69, 9.17) is 4.74 Å². The lowest BCUT2D eigenvalue weighted by Crippen LogP contribution is -2.76. The predicted octanol–water partition coefficient (Wildman–Crippen LogP) is 2.77. The van der Waals surface area contributed by atoms with Crippen molar-refractivity contribution in [3.63, 3.8) is 0 Å². The fourth-order valence-corrected chi connectivity index (χ4v) is 5.70. The average molecular weight is 516 g/mol. The first-order chi connectivity index (χ1) is 18.0. The van der Waals surface area contributed by atoms with Crippen molar-refractivity contribution in [3.8, 4) is 0 Å². The van der Waals surface area contributed by atoms with Crippen molar-refractivity contribution in [2.45, 2.75) is 23.6 Å². The molecule has 0 aromatic heterocycles. The molecule has 2 aliphatic heterocycles. The largest absolute Gasteiger partial charge is 0.451 e. The highest BCUT2D eigenvalue weighted by Crippen LogP contribution is 2.38. The van der Waals surface area contributed by atoms with Gasteiger partial charge < -0.3 is 20.3 Å². The van der Waals surface area contributed by atoms with E-state index in [1.165, 1.54) is 16.7 Å². The molecule has 0 aliphatic carbocycles. The van der Waals surface area contributed by atoms with Gasteiger partial charge in [-0.1, -0.05) is 78.9 Å². The van der Waals surface area contributed by atoms with Crippen LogP contribution in [0.25, 0.3) is 0 Å². The van der Waals surface area contributed by atoms with E-state index in [1.54, 1.807) is 0 Å². The van der Waals surface area contributed by atoms with E-state index in [-0.39, 0.29) is 18.2 Å². The number of nitrogens with one attached hydrogen (secondary N) is 2. The number of anilines is 1. The predicted molar refractivity (Wildman–Crippen MR) is 140 cm³/mol. The highest BCUT2D eigenvalue weighted by Gasteiger charge is 2.58. The number of rotatable bonds is 8. The van der Waals surface area contributed by atoms with Crippen LogP contribution < -0.4 is 10.6 Å². The van der Waals surface area contributed by atoms with Crippen molar-refractivity contribution in [1.29, 1.82) is 0 Å². The van der Waals surface area contributed by atoms with Gasteiger partial charge in [0.15, 0.2) is 17.9 Å². The van der Waals surface area contributed by atoms with Crippen LogP contribution in [0.4, 0.5) is 5.69 Å². The van der Waals surface area contributed by atoms with E-state index in [2.05, 4.69) is 10.6 Å². The van der Waals surface area contributed by atoms with Crippen LogP contribution in [0, 0.1) is 0 Å². The van der Waals surface area contributed by atoms with Crippen LogP contribution >= 0.6 is 11.8 Å². The Hall–Kier alpha value is -4.11. The number of carbonyl (C=O) groups is 4. The lowest BCUT2D eigenvalue weighted by atomic mass is 9.99. The molecule has 37 heavy (non-hydrogen) atoms. The Bertz CT molecular complexity index is 1250. The Morgan fingerprint density at radius 3 is 2.05 bits per heavy atom. The summed E-state index contributed by atoms with van der Waals surface area (Å²) in [5.41, 5.74) is 2.29. The first-order valence-electron chi connectivity index (χ1n) is 11.9. The second-order valence-electron chi connectivity index (χ2n) is 8.72. The summed E-state index contributed by atoms with van der Waals surface area (Å²) in [4.78, 5) is 52.9. The second kappa shape index (κ2) is 10.9. The van der Waals surface area contributed by atoms with Crippen LogP contribution in [-0.4, -0.2) is 58.2 Å².